The van der Waals surface area contributed by atoms with Crippen LogP contribution in [0.4, 0.5) is 0 Å². The molecule has 2 aromatic heterocycles. The molecular formula is C45H32S3. The van der Waals surface area contributed by atoms with E-state index in [1.165, 1.54) is 96.0 Å². The number of aryl methyl sites for hydroxylation is 2. The lowest BCUT2D eigenvalue weighted by Gasteiger charge is -2.15. The Morgan fingerprint density at radius 3 is 1.67 bits per heavy atom. The Balaban J connectivity index is 1.12. The molecule has 0 fully saturated rings. The number of fused-ring (bicyclic) bond motifs is 6. The van der Waals surface area contributed by atoms with Crippen molar-refractivity contribution in [3.63, 3.8) is 0 Å². The van der Waals surface area contributed by atoms with Gasteiger partial charge in [0.05, 0.1) is 0 Å². The Kier molecular flexibility index (Phi) is 7.23. The molecule has 9 aromatic rings. The SMILES string of the molecule is CCc1ccc(-c2cccc(-c3ccc4sc5ccccc5c4c3)c2)cc1-c1cc(-c2ccc3sc4ccc(C)cc4c3c2)ccc1S. The summed E-state index contributed by atoms with van der Waals surface area (Å²) >= 11 is 8.74. The van der Waals surface area contributed by atoms with Crippen molar-refractivity contribution in [2.45, 2.75) is 25.2 Å². The molecule has 2 heterocycles. The maximum absolute atomic E-state index is 5.00. The summed E-state index contributed by atoms with van der Waals surface area (Å²) in [6.45, 7) is 4.41. The van der Waals surface area contributed by atoms with Gasteiger partial charge in [0.2, 0.25) is 0 Å². The standard InChI is InChI=1S/C45H32S3/c1-3-28-12-13-31(29-7-6-8-30(22-29)33-15-19-44-39(25-33)35-9-4-5-10-42(35)47-44)23-36(28)37-24-32(14-17-41(37)46)34-16-20-45-40(26-34)38-21-27(2)11-18-43(38)48-45/h4-26,46H,3H2,1-2H3. The molecule has 0 atom stereocenters. The highest BCUT2D eigenvalue weighted by atomic mass is 32.1. The van der Waals surface area contributed by atoms with Crippen LogP contribution in [0.1, 0.15) is 18.1 Å². The van der Waals surface area contributed by atoms with Crippen molar-refractivity contribution in [1.29, 1.82) is 0 Å². The highest BCUT2D eigenvalue weighted by molar-refractivity contribution is 7.80. The third kappa shape index (κ3) is 5.05. The van der Waals surface area contributed by atoms with E-state index < -0.39 is 0 Å². The average molecular weight is 669 g/mol. The largest absolute Gasteiger partial charge is 0.143 e. The summed E-state index contributed by atoms with van der Waals surface area (Å²) < 4.78 is 5.34. The lowest BCUT2D eigenvalue weighted by molar-refractivity contribution is 1.14. The molecule has 0 spiro atoms. The van der Waals surface area contributed by atoms with Gasteiger partial charge < -0.3 is 0 Å². The zero-order valence-corrected chi connectivity index (χ0v) is 29.3. The van der Waals surface area contributed by atoms with Crippen LogP contribution in [0.2, 0.25) is 0 Å². The average Bonchev–Trinajstić information content (AvgIpc) is 3.69. The van der Waals surface area contributed by atoms with E-state index in [9.17, 15) is 0 Å². The summed E-state index contributed by atoms with van der Waals surface area (Å²) in [6.07, 6.45) is 0.952. The van der Waals surface area contributed by atoms with Gasteiger partial charge in [0.15, 0.2) is 0 Å². The molecule has 0 amide bonds. The van der Waals surface area contributed by atoms with Gasteiger partial charge in [-0.15, -0.1) is 35.3 Å². The number of hydrogen-bond acceptors (Lipinski definition) is 3. The summed E-state index contributed by atoms with van der Waals surface area (Å²) in [5, 5.41) is 5.33. The van der Waals surface area contributed by atoms with Crippen LogP contribution in [-0.2, 0) is 6.42 Å². The first-order valence-electron chi connectivity index (χ1n) is 16.4. The van der Waals surface area contributed by atoms with Crippen molar-refractivity contribution in [2.24, 2.45) is 0 Å². The second-order valence-electron chi connectivity index (χ2n) is 12.7. The van der Waals surface area contributed by atoms with Gasteiger partial charge >= 0.3 is 0 Å². The van der Waals surface area contributed by atoms with Crippen LogP contribution in [0.3, 0.4) is 0 Å². The van der Waals surface area contributed by atoms with Crippen LogP contribution in [0.25, 0.3) is 84.9 Å². The highest BCUT2D eigenvalue weighted by Crippen LogP contribution is 2.41. The molecule has 0 bridgehead atoms. The summed E-state index contributed by atoms with van der Waals surface area (Å²) in [4.78, 5) is 0.994. The zero-order valence-electron chi connectivity index (χ0n) is 26.7. The van der Waals surface area contributed by atoms with Gasteiger partial charge in [0.1, 0.15) is 0 Å². The molecule has 0 nitrogen and oxygen atoms in total. The first-order valence-corrected chi connectivity index (χ1v) is 18.5. The quantitative estimate of drug-likeness (QED) is 0.173. The maximum atomic E-state index is 5.00. The summed E-state index contributed by atoms with van der Waals surface area (Å²) in [5.74, 6) is 0. The Morgan fingerprint density at radius 2 is 0.958 bits per heavy atom. The van der Waals surface area contributed by atoms with E-state index in [-0.39, 0.29) is 0 Å². The Hall–Kier alpha value is -4.67. The second-order valence-corrected chi connectivity index (χ2v) is 15.3. The number of thiol groups is 1. The molecule has 0 saturated carbocycles. The van der Waals surface area contributed by atoms with Gasteiger partial charge in [-0.25, -0.2) is 0 Å². The van der Waals surface area contributed by atoms with Crippen LogP contribution in [-0.4, -0.2) is 0 Å². The number of rotatable bonds is 5. The van der Waals surface area contributed by atoms with Crippen LogP contribution >= 0.6 is 35.3 Å². The van der Waals surface area contributed by atoms with Crippen LogP contribution < -0.4 is 0 Å². The minimum absolute atomic E-state index is 0.952. The van der Waals surface area contributed by atoms with Crippen molar-refractivity contribution < 1.29 is 0 Å². The topological polar surface area (TPSA) is 0 Å². The third-order valence-electron chi connectivity index (χ3n) is 9.64. The van der Waals surface area contributed by atoms with Gasteiger partial charge in [0, 0.05) is 45.2 Å². The van der Waals surface area contributed by atoms with E-state index in [0.717, 1.165) is 11.3 Å². The Labute approximate surface area is 294 Å². The highest BCUT2D eigenvalue weighted by Gasteiger charge is 2.14. The van der Waals surface area contributed by atoms with E-state index in [1.807, 2.05) is 22.7 Å². The van der Waals surface area contributed by atoms with Crippen molar-refractivity contribution >= 4 is 75.6 Å². The van der Waals surface area contributed by atoms with Gasteiger partial charge in [-0.2, -0.15) is 0 Å². The minimum Gasteiger partial charge on any atom is -0.143 e. The number of benzene rings is 7. The fraction of sp³-hybridized carbons (Fsp3) is 0.0667. The second kappa shape index (κ2) is 11.8. The van der Waals surface area contributed by atoms with E-state index in [1.54, 1.807) is 0 Å². The molecule has 7 aromatic carbocycles. The normalized spacial score (nSPS) is 11.7. The van der Waals surface area contributed by atoms with Crippen molar-refractivity contribution in [3.8, 4) is 44.5 Å². The maximum Gasteiger partial charge on any atom is 0.0355 e. The first kappa shape index (κ1) is 29.5. The van der Waals surface area contributed by atoms with E-state index in [4.69, 9.17) is 12.6 Å². The van der Waals surface area contributed by atoms with Crippen LogP contribution in [0.5, 0.6) is 0 Å². The third-order valence-corrected chi connectivity index (χ3v) is 12.3. The Morgan fingerprint density at radius 1 is 0.438 bits per heavy atom. The Bertz CT molecular complexity index is 2690. The predicted molar refractivity (Wildman–Crippen MR) is 215 cm³/mol. The van der Waals surface area contributed by atoms with Crippen LogP contribution in [0.15, 0.2) is 144 Å². The van der Waals surface area contributed by atoms with Crippen molar-refractivity contribution in [3.05, 3.63) is 151 Å². The molecule has 0 aliphatic carbocycles. The fourth-order valence-electron chi connectivity index (χ4n) is 7.10. The molecule has 0 aliphatic heterocycles. The lowest BCUT2D eigenvalue weighted by atomic mass is 9.90. The van der Waals surface area contributed by atoms with E-state index in [0.29, 0.717) is 0 Å². The summed E-state index contributed by atoms with van der Waals surface area (Å²) in [7, 11) is 0. The van der Waals surface area contributed by atoms with Gasteiger partial charge in [0.25, 0.3) is 0 Å². The molecule has 0 radical (unpaired) electrons. The smallest absolute Gasteiger partial charge is 0.0355 e. The van der Waals surface area contributed by atoms with Crippen molar-refractivity contribution in [2.75, 3.05) is 0 Å². The molecule has 48 heavy (non-hydrogen) atoms. The van der Waals surface area contributed by atoms with Crippen LogP contribution in [0, 0.1) is 6.92 Å². The molecular weight excluding hydrogens is 637 g/mol. The van der Waals surface area contributed by atoms with E-state index >= 15 is 0 Å². The zero-order chi connectivity index (χ0) is 32.4. The monoisotopic (exact) mass is 668 g/mol. The molecule has 3 heteroatoms. The number of thiophene rings is 2. The first-order chi connectivity index (χ1) is 23.5. The van der Waals surface area contributed by atoms with E-state index in [2.05, 4.69) is 153 Å². The molecule has 9 rings (SSSR count). The van der Waals surface area contributed by atoms with Gasteiger partial charge in [-0.1, -0.05) is 85.3 Å². The molecule has 0 aliphatic rings. The fourth-order valence-corrected chi connectivity index (χ4v) is 9.51. The number of hydrogen-bond donors (Lipinski definition) is 1. The molecule has 0 N–H and O–H groups in total. The molecule has 230 valence electrons. The van der Waals surface area contributed by atoms with Gasteiger partial charge in [-0.05, 0) is 130 Å². The molecule has 0 unspecified atom stereocenters. The molecule has 0 saturated heterocycles. The van der Waals surface area contributed by atoms with Crippen molar-refractivity contribution in [1.82, 2.24) is 0 Å². The summed E-state index contributed by atoms with van der Waals surface area (Å²) in [5.41, 5.74) is 12.4. The lowest BCUT2D eigenvalue weighted by Crippen LogP contribution is -1.92. The van der Waals surface area contributed by atoms with Gasteiger partial charge in [-0.3, -0.25) is 0 Å². The minimum atomic E-state index is 0.952. The predicted octanol–water partition coefficient (Wildman–Crippen LogP) is 14.2. The summed E-state index contributed by atoms with van der Waals surface area (Å²) in [6, 6.07) is 51.9.